The van der Waals surface area contributed by atoms with Gasteiger partial charge in [0.15, 0.2) is 0 Å². The van der Waals surface area contributed by atoms with Gasteiger partial charge in [-0.25, -0.2) is 4.39 Å². The number of carboxylic acids is 1. The first-order chi connectivity index (χ1) is 7.56. The van der Waals surface area contributed by atoms with Gasteiger partial charge in [0, 0.05) is 5.75 Å². The molecule has 5 heteroatoms. The summed E-state index contributed by atoms with van der Waals surface area (Å²) >= 11 is 1.39. The van der Waals surface area contributed by atoms with E-state index in [0.29, 0.717) is 11.3 Å². The molecule has 1 unspecified atom stereocenters. The average molecular weight is 243 g/mol. The molecular formula is C11H14FNO2S. The van der Waals surface area contributed by atoms with Crippen LogP contribution in [0.5, 0.6) is 0 Å². The largest absolute Gasteiger partial charge is 0.481 e. The van der Waals surface area contributed by atoms with Crippen LogP contribution in [0.2, 0.25) is 0 Å². The molecule has 1 aromatic rings. The van der Waals surface area contributed by atoms with Crippen molar-refractivity contribution in [1.29, 1.82) is 0 Å². The van der Waals surface area contributed by atoms with Crippen LogP contribution in [0.4, 0.5) is 10.1 Å². The standard InChI is InChI=1S/C11H14FNO2S/c1-3-16-13-10-5-4-8(6-9(10)12)7(2)11(14)15/h4-7,13H,3H2,1-2H3,(H,14,15). The fourth-order valence-corrected chi connectivity index (χ4v) is 1.64. The summed E-state index contributed by atoms with van der Waals surface area (Å²) in [5.74, 6) is -1.25. The first-order valence-electron chi connectivity index (χ1n) is 4.96. The van der Waals surface area contributed by atoms with Crippen molar-refractivity contribution in [2.45, 2.75) is 19.8 Å². The predicted molar refractivity (Wildman–Crippen MR) is 64.2 cm³/mol. The Morgan fingerprint density at radius 1 is 1.62 bits per heavy atom. The van der Waals surface area contributed by atoms with Crippen LogP contribution < -0.4 is 4.72 Å². The van der Waals surface area contributed by atoms with Crippen LogP contribution in [0.25, 0.3) is 0 Å². The van der Waals surface area contributed by atoms with Gasteiger partial charge in [-0.3, -0.25) is 4.79 Å². The van der Waals surface area contributed by atoms with Gasteiger partial charge < -0.3 is 9.83 Å². The average Bonchev–Trinajstić information content (AvgIpc) is 2.26. The van der Waals surface area contributed by atoms with Gasteiger partial charge in [-0.15, -0.1) is 0 Å². The van der Waals surface area contributed by atoms with E-state index in [0.717, 1.165) is 5.75 Å². The summed E-state index contributed by atoms with van der Waals surface area (Å²) in [5.41, 5.74) is 0.852. The molecule has 0 heterocycles. The number of anilines is 1. The molecule has 0 saturated heterocycles. The number of hydrogen-bond donors (Lipinski definition) is 2. The molecule has 3 nitrogen and oxygen atoms in total. The van der Waals surface area contributed by atoms with Gasteiger partial charge in [-0.05, 0) is 24.6 Å². The SMILES string of the molecule is CCSNc1ccc(C(C)C(=O)O)cc1F. The second-order valence-corrected chi connectivity index (χ2v) is 4.40. The van der Waals surface area contributed by atoms with E-state index >= 15 is 0 Å². The van der Waals surface area contributed by atoms with Crippen LogP contribution in [0, 0.1) is 5.82 Å². The number of hydrogen-bond acceptors (Lipinski definition) is 3. The minimum absolute atomic E-state index is 0.383. The van der Waals surface area contributed by atoms with Crippen molar-refractivity contribution in [2.75, 3.05) is 10.5 Å². The molecule has 0 saturated carbocycles. The third kappa shape index (κ3) is 3.13. The van der Waals surface area contributed by atoms with Crippen molar-refractivity contribution in [1.82, 2.24) is 0 Å². The molecule has 1 rings (SSSR count). The van der Waals surface area contributed by atoms with Gasteiger partial charge >= 0.3 is 5.97 Å². The van der Waals surface area contributed by atoms with Gasteiger partial charge in [0.25, 0.3) is 0 Å². The first kappa shape index (κ1) is 12.8. The Morgan fingerprint density at radius 2 is 2.31 bits per heavy atom. The van der Waals surface area contributed by atoms with Crippen LogP contribution >= 0.6 is 11.9 Å². The quantitative estimate of drug-likeness (QED) is 0.780. The molecular weight excluding hydrogens is 229 g/mol. The highest BCUT2D eigenvalue weighted by Crippen LogP contribution is 2.23. The lowest BCUT2D eigenvalue weighted by Crippen LogP contribution is -2.07. The Morgan fingerprint density at radius 3 is 2.81 bits per heavy atom. The lowest BCUT2D eigenvalue weighted by Gasteiger charge is -2.10. The minimum Gasteiger partial charge on any atom is -0.481 e. The Labute approximate surface area is 98.2 Å². The van der Waals surface area contributed by atoms with Crippen molar-refractivity contribution < 1.29 is 14.3 Å². The second kappa shape index (κ2) is 5.75. The highest BCUT2D eigenvalue weighted by molar-refractivity contribution is 8.00. The summed E-state index contributed by atoms with van der Waals surface area (Å²) in [4.78, 5) is 10.7. The van der Waals surface area contributed by atoms with Crippen molar-refractivity contribution in [3.8, 4) is 0 Å². The zero-order valence-corrected chi connectivity index (χ0v) is 9.97. The minimum atomic E-state index is -0.956. The summed E-state index contributed by atoms with van der Waals surface area (Å²) in [7, 11) is 0. The molecule has 0 aromatic heterocycles. The molecule has 1 atom stereocenters. The number of benzene rings is 1. The molecule has 0 aliphatic carbocycles. The van der Waals surface area contributed by atoms with Crippen LogP contribution in [0.15, 0.2) is 18.2 Å². The maximum Gasteiger partial charge on any atom is 0.310 e. The number of nitrogens with one attached hydrogen (secondary N) is 1. The van der Waals surface area contributed by atoms with Crippen LogP contribution in [-0.4, -0.2) is 16.8 Å². The normalized spacial score (nSPS) is 12.2. The smallest absolute Gasteiger partial charge is 0.310 e. The van der Waals surface area contributed by atoms with E-state index in [-0.39, 0.29) is 0 Å². The lowest BCUT2D eigenvalue weighted by molar-refractivity contribution is -0.138. The second-order valence-electron chi connectivity index (χ2n) is 3.33. The Balaban J connectivity index is 2.86. The predicted octanol–water partition coefficient (Wildman–Crippen LogP) is 3.09. The van der Waals surface area contributed by atoms with E-state index < -0.39 is 17.7 Å². The fraction of sp³-hybridized carbons (Fsp3) is 0.364. The van der Waals surface area contributed by atoms with Crippen LogP contribution in [0.1, 0.15) is 25.3 Å². The zero-order valence-electron chi connectivity index (χ0n) is 9.16. The monoisotopic (exact) mass is 243 g/mol. The van der Waals surface area contributed by atoms with Gasteiger partial charge in [-0.2, -0.15) is 0 Å². The summed E-state index contributed by atoms with van der Waals surface area (Å²) < 4.78 is 16.4. The molecule has 0 aliphatic heterocycles. The highest BCUT2D eigenvalue weighted by Gasteiger charge is 2.15. The number of halogens is 1. The third-order valence-electron chi connectivity index (χ3n) is 2.19. The molecule has 1 aromatic carbocycles. The van der Waals surface area contributed by atoms with Gasteiger partial charge in [0.2, 0.25) is 0 Å². The number of carbonyl (C=O) groups is 1. The topological polar surface area (TPSA) is 49.3 Å². The lowest BCUT2D eigenvalue weighted by atomic mass is 10.0. The third-order valence-corrected chi connectivity index (χ3v) is 2.84. The zero-order chi connectivity index (χ0) is 12.1. The molecule has 16 heavy (non-hydrogen) atoms. The maximum atomic E-state index is 13.5. The van der Waals surface area contributed by atoms with Crippen molar-refractivity contribution >= 4 is 23.6 Å². The maximum absolute atomic E-state index is 13.5. The van der Waals surface area contributed by atoms with E-state index in [1.54, 1.807) is 12.1 Å². The van der Waals surface area contributed by atoms with Crippen molar-refractivity contribution in [3.05, 3.63) is 29.6 Å². The summed E-state index contributed by atoms with van der Waals surface area (Å²) in [6, 6.07) is 4.45. The Kier molecular flexibility index (Phi) is 4.61. The van der Waals surface area contributed by atoms with E-state index in [9.17, 15) is 9.18 Å². The fourth-order valence-electron chi connectivity index (χ4n) is 1.18. The van der Waals surface area contributed by atoms with E-state index in [1.807, 2.05) is 6.92 Å². The first-order valence-corrected chi connectivity index (χ1v) is 5.94. The Hall–Kier alpha value is -1.23. The van der Waals surface area contributed by atoms with E-state index in [1.165, 1.54) is 24.9 Å². The van der Waals surface area contributed by atoms with Crippen LogP contribution in [0.3, 0.4) is 0 Å². The highest BCUT2D eigenvalue weighted by atomic mass is 32.2. The molecule has 0 spiro atoms. The molecule has 0 bridgehead atoms. The summed E-state index contributed by atoms with van der Waals surface area (Å²) in [5, 5.41) is 8.79. The summed E-state index contributed by atoms with van der Waals surface area (Å²) in [6.07, 6.45) is 0. The van der Waals surface area contributed by atoms with Crippen molar-refractivity contribution in [2.24, 2.45) is 0 Å². The number of aliphatic carboxylic acids is 1. The van der Waals surface area contributed by atoms with Gasteiger partial charge in [-0.1, -0.05) is 24.9 Å². The Bertz CT molecular complexity index is 384. The van der Waals surface area contributed by atoms with Gasteiger partial charge in [0.05, 0.1) is 11.6 Å². The molecule has 2 N–H and O–H groups in total. The van der Waals surface area contributed by atoms with Crippen LogP contribution in [-0.2, 0) is 4.79 Å². The van der Waals surface area contributed by atoms with E-state index in [4.69, 9.17) is 5.11 Å². The molecule has 0 aliphatic rings. The van der Waals surface area contributed by atoms with E-state index in [2.05, 4.69) is 4.72 Å². The van der Waals surface area contributed by atoms with Crippen molar-refractivity contribution in [3.63, 3.8) is 0 Å². The molecule has 88 valence electrons. The molecule has 0 amide bonds. The summed E-state index contributed by atoms with van der Waals surface area (Å²) in [6.45, 7) is 3.49. The number of rotatable bonds is 5. The van der Waals surface area contributed by atoms with Gasteiger partial charge in [0.1, 0.15) is 5.82 Å². The molecule has 0 radical (unpaired) electrons. The number of carboxylic acid groups (broad SMARTS) is 1. The molecule has 0 fully saturated rings.